The molecule has 0 spiro atoms. The Morgan fingerprint density at radius 1 is 1.14 bits per heavy atom. The summed E-state index contributed by atoms with van der Waals surface area (Å²) in [4.78, 5) is 12.5. The Labute approximate surface area is 129 Å². The van der Waals surface area contributed by atoms with E-state index in [9.17, 15) is 4.79 Å². The first-order valence-electron chi connectivity index (χ1n) is 7.16. The van der Waals surface area contributed by atoms with Gasteiger partial charge in [-0.2, -0.15) is 0 Å². The highest BCUT2D eigenvalue weighted by molar-refractivity contribution is 8.00. The number of anilines is 2. The number of thioether (sulfide) groups is 1. The maximum atomic E-state index is 11.4. The molecule has 0 unspecified atom stereocenters. The number of amides is 1. The van der Waals surface area contributed by atoms with Crippen LogP contribution in [0.25, 0.3) is 0 Å². The summed E-state index contributed by atoms with van der Waals surface area (Å²) in [6, 6.07) is 16.7. The molecular weight excluding hydrogens is 280 g/mol. The van der Waals surface area contributed by atoms with Crippen LogP contribution in [0, 0.1) is 0 Å². The topological polar surface area (TPSA) is 41.1 Å². The normalized spacial score (nSPS) is 13.4. The second-order valence-corrected chi connectivity index (χ2v) is 6.08. The van der Waals surface area contributed by atoms with Crippen LogP contribution in [-0.4, -0.2) is 18.2 Å². The second kappa shape index (κ2) is 6.68. The maximum absolute atomic E-state index is 11.4. The first-order valence-corrected chi connectivity index (χ1v) is 8.14. The van der Waals surface area contributed by atoms with Crippen LogP contribution in [0.15, 0.2) is 53.4 Å². The largest absolute Gasteiger partial charge is 0.385 e. The van der Waals surface area contributed by atoms with Gasteiger partial charge < -0.3 is 10.6 Å². The van der Waals surface area contributed by atoms with Gasteiger partial charge in [-0.1, -0.05) is 30.3 Å². The number of fused-ring (bicyclic) bond motifs is 1. The zero-order valence-electron chi connectivity index (χ0n) is 11.8. The van der Waals surface area contributed by atoms with Crippen molar-refractivity contribution in [3.63, 3.8) is 0 Å². The summed E-state index contributed by atoms with van der Waals surface area (Å²) in [6.45, 7) is 0.925. The minimum Gasteiger partial charge on any atom is -0.385 e. The number of carbonyl (C=O) groups is 1. The van der Waals surface area contributed by atoms with Crippen molar-refractivity contribution in [3.8, 4) is 0 Å². The summed E-state index contributed by atoms with van der Waals surface area (Å²) in [5.74, 6) is 0.588. The third-order valence-electron chi connectivity index (χ3n) is 3.43. The number of aryl methyl sites for hydroxylation is 1. The first kappa shape index (κ1) is 14.0. The minimum atomic E-state index is 0.0775. The molecule has 108 valence electrons. The SMILES string of the molecule is O=C1CSc2ccc(NCCCc3ccccc3)cc2N1. The van der Waals surface area contributed by atoms with Gasteiger partial charge >= 0.3 is 0 Å². The molecule has 1 aliphatic heterocycles. The van der Waals surface area contributed by atoms with Crippen molar-refractivity contribution in [2.45, 2.75) is 17.7 Å². The highest BCUT2D eigenvalue weighted by Crippen LogP contribution is 2.33. The average Bonchev–Trinajstić information content (AvgIpc) is 2.52. The molecule has 1 aliphatic rings. The van der Waals surface area contributed by atoms with Gasteiger partial charge in [0.25, 0.3) is 0 Å². The van der Waals surface area contributed by atoms with E-state index in [0.29, 0.717) is 5.75 Å². The third-order valence-corrected chi connectivity index (χ3v) is 4.50. The maximum Gasteiger partial charge on any atom is 0.234 e. The molecule has 0 atom stereocenters. The van der Waals surface area contributed by atoms with E-state index in [2.05, 4.69) is 47.0 Å². The smallest absolute Gasteiger partial charge is 0.234 e. The van der Waals surface area contributed by atoms with Gasteiger partial charge in [0.2, 0.25) is 5.91 Å². The van der Waals surface area contributed by atoms with Gasteiger partial charge in [-0.05, 0) is 36.6 Å². The number of hydrogen-bond acceptors (Lipinski definition) is 3. The Balaban J connectivity index is 1.52. The fraction of sp³-hybridized carbons (Fsp3) is 0.235. The second-order valence-electron chi connectivity index (χ2n) is 5.06. The monoisotopic (exact) mass is 298 g/mol. The van der Waals surface area contributed by atoms with Crippen LogP contribution in [0.2, 0.25) is 0 Å². The minimum absolute atomic E-state index is 0.0775. The summed E-state index contributed by atoms with van der Waals surface area (Å²) in [6.07, 6.45) is 2.16. The summed E-state index contributed by atoms with van der Waals surface area (Å²) >= 11 is 1.59. The van der Waals surface area contributed by atoms with Crippen molar-refractivity contribution in [1.29, 1.82) is 0 Å². The standard InChI is InChI=1S/C17H18N2OS/c20-17-12-21-16-9-8-14(11-15(16)19-17)18-10-4-7-13-5-2-1-3-6-13/h1-3,5-6,8-9,11,18H,4,7,10,12H2,(H,19,20). The Kier molecular flexibility index (Phi) is 4.46. The molecule has 0 aromatic heterocycles. The molecule has 21 heavy (non-hydrogen) atoms. The van der Waals surface area contributed by atoms with E-state index in [1.54, 1.807) is 11.8 Å². The average molecular weight is 298 g/mol. The highest BCUT2D eigenvalue weighted by Gasteiger charge is 2.15. The Hall–Kier alpha value is -1.94. The molecule has 0 saturated carbocycles. The van der Waals surface area contributed by atoms with Crippen LogP contribution in [-0.2, 0) is 11.2 Å². The quantitative estimate of drug-likeness (QED) is 0.826. The predicted molar refractivity (Wildman–Crippen MR) is 89.0 cm³/mol. The lowest BCUT2D eigenvalue weighted by Gasteiger charge is -2.17. The highest BCUT2D eigenvalue weighted by atomic mass is 32.2. The van der Waals surface area contributed by atoms with E-state index in [1.807, 2.05) is 12.1 Å². The first-order chi connectivity index (χ1) is 10.3. The summed E-state index contributed by atoms with van der Waals surface area (Å²) in [5.41, 5.74) is 3.35. The number of hydrogen-bond donors (Lipinski definition) is 2. The van der Waals surface area contributed by atoms with E-state index in [1.165, 1.54) is 5.56 Å². The number of nitrogens with one attached hydrogen (secondary N) is 2. The van der Waals surface area contributed by atoms with Gasteiger partial charge in [-0.15, -0.1) is 11.8 Å². The summed E-state index contributed by atoms with van der Waals surface area (Å²) in [5, 5.41) is 6.34. The van der Waals surface area contributed by atoms with Crippen molar-refractivity contribution in [2.24, 2.45) is 0 Å². The third kappa shape index (κ3) is 3.79. The van der Waals surface area contributed by atoms with Crippen LogP contribution < -0.4 is 10.6 Å². The van der Waals surface area contributed by atoms with Gasteiger partial charge in [0, 0.05) is 17.1 Å². The molecule has 4 heteroatoms. The van der Waals surface area contributed by atoms with Gasteiger partial charge in [0.1, 0.15) is 0 Å². The van der Waals surface area contributed by atoms with Crippen molar-refractivity contribution in [1.82, 2.24) is 0 Å². The molecule has 0 fully saturated rings. The Morgan fingerprint density at radius 2 is 2.00 bits per heavy atom. The van der Waals surface area contributed by atoms with E-state index >= 15 is 0 Å². The summed E-state index contributed by atoms with van der Waals surface area (Å²) < 4.78 is 0. The van der Waals surface area contributed by atoms with E-state index in [-0.39, 0.29) is 5.91 Å². The van der Waals surface area contributed by atoms with Gasteiger partial charge in [-0.3, -0.25) is 4.79 Å². The van der Waals surface area contributed by atoms with Crippen molar-refractivity contribution in [3.05, 3.63) is 54.1 Å². The molecule has 2 aromatic rings. The molecule has 1 amide bonds. The fourth-order valence-corrected chi connectivity index (χ4v) is 3.15. The molecule has 1 heterocycles. The van der Waals surface area contributed by atoms with Crippen LogP contribution in [0.1, 0.15) is 12.0 Å². The molecular formula is C17H18N2OS. The molecule has 0 aliphatic carbocycles. The Bertz CT molecular complexity index is 628. The lowest BCUT2D eigenvalue weighted by Crippen LogP contribution is -2.18. The van der Waals surface area contributed by atoms with Gasteiger partial charge in [0.05, 0.1) is 11.4 Å². The lowest BCUT2D eigenvalue weighted by atomic mass is 10.1. The predicted octanol–water partition coefficient (Wildman–Crippen LogP) is 3.78. The summed E-state index contributed by atoms with van der Waals surface area (Å²) in [7, 11) is 0. The Morgan fingerprint density at radius 3 is 2.86 bits per heavy atom. The van der Waals surface area contributed by atoms with Crippen LogP contribution in [0.4, 0.5) is 11.4 Å². The molecule has 2 N–H and O–H groups in total. The van der Waals surface area contributed by atoms with Crippen molar-refractivity contribution in [2.75, 3.05) is 22.9 Å². The van der Waals surface area contributed by atoms with Crippen molar-refractivity contribution < 1.29 is 4.79 Å². The number of benzene rings is 2. The molecule has 3 nitrogen and oxygen atoms in total. The van der Waals surface area contributed by atoms with E-state index < -0.39 is 0 Å². The molecule has 2 aromatic carbocycles. The zero-order chi connectivity index (χ0) is 14.5. The molecule has 3 rings (SSSR count). The van der Waals surface area contributed by atoms with Gasteiger partial charge in [0.15, 0.2) is 0 Å². The number of rotatable bonds is 5. The van der Waals surface area contributed by atoms with E-state index in [0.717, 1.165) is 35.7 Å². The van der Waals surface area contributed by atoms with Crippen molar-refractivity contribution >= 4 is 29.0 Å². The van der Waals surface area contributed by atoms with Crippen LogP contribution >= 0.6 is 11.8 Å². The van der Waals surface area contributed by atoms with Crippen LogP contribution in [0.5, 0.6) is 0 Å². The molecule has 0 bridgehead atoms. The van der Waals surface area contributed by atoms with E-state index in [4.69, 9.17) is 0 Å². The lowest BCUT2D eigenvalue weighted by molar-refractivity contribution is -0.113. The number of carbonyl (C=O) groups excluding carboxylic acids is 1. The van der Waals surface area contributed by atoms with Crippen LogP contribution in [0.3, 0.4) is 0 Å². The van der Waals surface area contributed by atoms with Gasteiger partial charge in [-0.25, -0.2) is 0 Å². The molecule has 0 saturated heterocycles. The fourth-order valence-electron chi connectivity index (χ4n) is 2.36. The molecule has 0 radical (unpaired) electrons. The zero-order valence-corrected chi connectivity index (χ0v) is 12.6.